The Kier molecular flexibility index (Phi) is 10.9. The van der Waals surface area contributed by atoms with Crippen LogP contribution >= 0.6 is 0 Å². The van der Waals surface area contributed by atoms with E-state index in [0.717, 1.165) is 68.1 Å². The number of alkyl halides is 2. The largest absolute Gasteiger partial charge is 0.429 e. The van der Waals surface area contributed by atoms with E-state index in [2.05, 4.69) is 6.92 Å². The van der Waals surface area contributed by atoms with Crippen molar-refractivity contribution in [2.24, 2.45) is 5.92 Å². The predicted octanol–water partition coefficient (Wildman–Crippen LogP) is 11.0. The Bertz CT molecular complexity index is 1680. The molecule has 250 valence electrons. The lowest BCUT2D eigenvalue weighted by atomic mass is 9.97. The summed E-state index contributed by atoms with van der Waals surface area (Å²) in [6.45, 7) is 4.73. The molecule has 1 aliphatic rings. The molecule has 0 unspecified atom stereocenters. The van der Waals surface area contributed by atoms with Crippen molar-refractivity contribution >= 4 is 0 Å². The highest BCUT2D eigenvalue weighted by molar-refractivity contribution is 5.72. The van der Waals surface area contributed by atoms with Gasteiger partial charge in [-0.15, -0.1) is 0 Å². The van der Waals surface area contributed by atoms with Gasteiger partial charge in [0.2, 0.25) is 0 Å². The zero-order valence-electron chi connectivity index (χ0n) is 26.0. The van der Waals surface area contributed by atoms with E-state index in [1.54, 1.807) is 6.92 Å². The summed E-state index contributed by atoms with van der Waals surface area (Å²) in [5.74, 6) is -5.10. The van der Waals surface area contributed by atoms with Gasteiger partial charge < -0.3 is 14.2 Å². The predicted molar refractivity (Wildman–Crippen MR) is 164 cm³/mol. The Morgan fingerprint density at radius 2 is 1.32 bits per heavy atom. The second kappa shape index (κ2) is 14.9. The zero-order valence-corrected chi connectivity index (χ0v) is 26.0. The number of rotatable bonds is 12. The summed E-state index contributed by atoms with van der Waals surface area (Å²) in [6, 6.07) is 11.5. The maximum atomic E-state index is 15.1. The number of halogens is 7. The first-order valence-corrected chi connectivity index (χ1v) is 15.7. The minimum absolute atomic E-state index is 0.0270. The molecule has 4 aromatic rings. The van der Waals surface area contributed by atoms with Crippen LogP contribution in [0.1, 0.15) is 68.9 Å². The van der Waals surface area contributed by atoms with Crippen molar-refractivity contribution in [1.29, 1.82) is 0 Å². The number of hydrogen-bond acceptors (Lipinski definition) is 3. The molecule has 0 N–H and O–H groups in total. The first kappa shape index (κ1) is 34.4. The van der Waals surface area contributed by atoms with Crippen LogP contribution in [0.15, 0.2) is 66.7 Å². The van der Waals surface area contributed by atoms with Crippen molar-refractivity contribution in [3.05, 3.63) is 113 Å². The van der Waals surface area contributed by atoms with Crippen LogP contribution in [0.2, 0.25) is 0 Å². The van der Waals surface area contributed by atoms with Crippen LogP contribution < -0.4 is 4.74 Å². The van der Waals surface area contributed by atoms with E-state index >= 15 is 17.6 Å². The number of unbranched alkanes of at least 4 members (excludes halogenated alkanes) is 2. The fourth-order valence-corrected chi connectivity index (χ4v) is 5.66. The third-order valence-corrected chi connectivity index (χ3v) is 8.18. The fraction of sp³-hybridized carbons (Fsp3) is 0.351. The van der Waals surface area contributed by atoms with Gasteiger partial charge in [0.1, 0.15) is 34.8 Å². The summed E-state index contributed by atoms with van der Waals surface area (Å²) >= 11 is 0. The zero-order chi connectivity index (χ0) is 33.7. The molecule has 47 heavy (non-hydrogen) atoms. The van der Waals surface area contributed by atoms with Crippen LogP contribution in [0.5, 0.6) is 5.75 Å². The Balaban J connectivity index is 1.27. The lowest BCUT2D eigenvalue weighted by Crippen LogP contribution is -2.27. The summed E-state index contributed by atoms with van der Waals surface area (Å²) in [5.41, 5.74) is -1.13. The Morgan fingerprint density at radius 3 is 1.94 bits per heavy atom. The standard InChI is InChI=1S/C37H35F7O3/c1-3-5-6-8-22-20-45-36(46-21-22)24-10-14-30(35(42)16-24)37(43,44)47-26-11-13-27(34(41)19-26)23-9-12-28(31(38)15-23)25-17-32(39)29(7-4-2)33(40)18-25/h9-19,22,36H,3-8,20-21H2,1-2H3. The smallest absolute Gasteiger partial charge is 0.429 e. The molecule has 0 saturated carbocycles. The maximum absolute atomic E-state index is 15.1. The van der Waals surface area contributed by atoms with Crippen molar-refractivity contribution in [3.63, 3.8) is 0 Å². The van der Waals surface area contributed by atoms with E-state index in [9.17, 15) is 13.2 Å². The van der Waals surface area contributed by atoms with Gasteiger partial charge in [-0.1, -0.05) is 57.7 Å². The van der Waals surface area contributed by atoms with Gasteiger partial charge in [0.15, 0.2) is 6.29 Å². The molecule has 1 heterocycles. The summed E-state index contributed by atoms with van der Waals surface area (Å²) in [7, 11) is 0. The third kappa shape index (κ3) is 7.99. The van der Waals surface area contributed by atoms with Gasteiger partial charge in [0, 0.05) is 34.2 Å². The van der Waals surface area contributed by atoms with Crippen molar-refractivity contribution in [3.8, 4) is 28.0 Å². The summed E-state index contributed by atoms with van der Waals surface area (Å²) in [5, 5.41) is 0. The molecule has 1 fully saturated rings. The molecule has 1 aliphatic heterocycles. The molecule has 0 amide bonds. The molecule has 5 rings (SSSR count). The maximum Gasteiger partial charge on any atom is 0.429 e. The molecule has 0 atom stereocenters. The second-order valence-corrected chi connectivity index (χ2v) is 11.7. The Labute approximate surface area is 269 Å². The summed E-state index contributed by atoms with van der Waals surface area (Å²) in [4.78, 5) is 0. The molecule has 0 radical (unpaired) electrons. The van der Waals surface area contributed by atoms with Gasteiger partial charge in [-0.25, -0.2) is 22.0 Å². The van der Waals surface area contributed by atoms with Crippen LogP contribution in [0.3, 0.4) is 0 Å². The van der Waals surface area contributed by atoms with Gasteiger partial charge in [0.25, 0.3) is 0 Å². The van der Waals surface area contributed by atoms with Crippen molar-refractivity contribution in [2.45, 2.75) is 64.8 Å². The molecule has 0 aromatic heterocycles. The van der Waals surface area contributed by atoms with E-state index in [1.165, 1.54) is 18.2 Å². The topological polar surface area (TPSA) is 27.7 Å². The average molecular weight is 661 g/mol. The van der Waals surface area contributed by atoms with E-state index in [4.69, 9.17) is 14.2 Å². The number of hydrogen-bond donors (Lipinski definition) is 0. The SMILES string of the molecule is CCCCCC1COC(c2ccc(C(F)(F)Oc3ccc(-c4ccc(-c5cc(F)c(CCC)c(F)c5)c(F)c4)c(F)c3)c(F)c2)OC1. The van der Waals surface area contributed by atoms with Gasteiger partial charge in [-0.05, 0) is 66.4 Å². The summed E-state index contributed by atoms with van der Waals surface area (Å²) < 4.78 is 120. The molecular weight excluding hydrogens is 625 g/mol. The second-order valence-electron chi connectivity index (χ2n) is 11.7. The minimum atomic E-state index is -4.17. The van der Waals surface area contributed by atoms with Crippen LogP contribution in [0, 0.1) is 35.0 Å². The van der Waals surface area contributed by atoms with E-state index in [-0.39, 0.29) is 45.7 Å². The van der Waals surface area contributed by atoms with E-state index in [1.807, 2.05) is 0 Å². The summed E-state index contributed by atoms with van der Waals surface area (Å²) in [6.07, 6.45) is -0.133. The van der Waals surface area contributed by atoms with E-state index < -0.39 is 52.8 Å². The molecule has 1 saturated heterocycles. The molecular formula is C37H35F7O3. The van der Waals surface area contributed by atoms with Gasteiger partial charge in [0.05, 0.1) is 18.8 Å². The number of ether oxygens (including phenoxy) is 3. The molecule has 0 aliphatic carbocycles. The minimum Gasteiger partial charge on any atom is -0.429 e. The van der Waals surface area contributed by atoms with Crippen LogP contribution in [-0.4, -0.2) is 13.2 Å². The molecule has 0 bridgehead atoms. The highest BCUT2D eigenvalue weighted by atomic mass is 19.3. The quantitative estimate of drug-likeness (QED) is 0.112. The normalized spacial score (nSPS) is 16.8. The third-order valence-electron chi connectivity index (χ3n) is 8.18. The first-order chi connectivity index (χ1) is 22.5. The lowest BCUT2D eigenvalue weighted by Gasteiger charge is -2.30. The van der Waals surface area contributed by atoms with Crippen LogP contribution in [-0.2, 0) is 22.0 Å². The molecule has 4 aromatic carbocycles. The Morgan fingerprint density at radius 1 is 0.681 bits per heavy atom. The van der Waals surface area contributed by atoms with Crippen LogP contribution in [0.4, 0.5) is 30.7 Å². The average Bonchev–Trinajstić information content (AvgIpc) is 3.03. The monoisotopic (exact) mass is 660 g/mol. The highest BCUT2D eigenvalue weighted by Gasteiger charge is 2.38. The lowest BCUT2D eigenvalue weighted by molar-refractivity contribution is -0.206. The fourth-order valence-electron chi connectivity index (χ4n) is 5.66. The van der Waals surface area contributed by atoms with Gasteiger partial charge in [-0.3, -0.25) is 0 Å². The van der Waals surface area contributed by atoms with E-state index in [0.29, 0.717) is 25.7 Å². The highest BCUT2D eigenvalue weighted by Crippen LogP contribution is 2.38. The number of benzene rings is 4. The molecule has 3 nitrogen and oxygen atoms in total. The Hall–Kier alpha value is -3.89. The van der Waals surface area contributed by atoms with Crippen molar-refractivity contribution in [2.75, 3.05) is 13.2 Å². The molecule has 10 heteroatoms. The van der Waals surface area contributed by atoms with Gasteiger partial charge in [-0.2, -0.15) is 8.78 Å². The van der Waals surface area contributed by atoms with Gasteiger partial charge >= 0.3 is 6.11 Å². The van der Waals surface area contributed by atoms with Crippen LogP contribution in [0.25, 0.3) is 22.3 Å². The van der Waals surface area contributed by atoms with Crippen molar-refractivity contribution < 1.29 is 44.9 Å². The van der Waals surface area contributed by atoms with Crippen molar-refractivity contribution in [1.82, 2.24) is 0 Å². The molecule has 0 spiro atoms. The first-order valence-electron chi connectivity index (χ1n) is 15.7.